The van der Waals surface area contributed by atoms with Crippen LogP contribution in [0.4, 0.5) is 23.0 Å². The van der Waals surface area contributed by atoms with Gasteiger partial charge in [0.15, 0.2) is 17.4 Å². The average Bonchev–Trinajstić information content (AvgIpc) is 4.56. The standard InChI is InChI=1S/C66H85N13O5S/c1-42(2)61(65(82)78-25-7-9-55(78)64(81)70-43(3)47-11-13-48(14-12-47)62-44(4)69-41-85-62)58-34-59(73-84-58)76-28-20-46(21-29-76)37-74-26-18-45(19-27-74)38-75-30-22-66(23-31-75)35-52(36-66)83-60-32-49(17-24-68-60)79-50-15-16-51(79)40-77(39-50)56-33-54(71-72-63(56)67)53-8-5-6-10-57(53)80/h5-6,8,10-14,17,24,32-34,41-43,45-46,50-52,55,61,80H,7,9,15-16,18-23,25-31,35-40H2,1-4H3,(H2,67,72)(H,70,81). The fraction of sp³-hybridized carbons (Fsp3) is 0.561. The van der Waals surface area contributed by atoms with Gasteiger partial charge in [0.05, 0.1) is 33.5 Å². The quantitative estimate of drug-likeness (QED) is 0.0779. The largest absolute Gasteiger partial charge is 0.507 e. The van der Waals surface area contributed by atoms with E-state index in [-0.39, 0.29) is 35.6 Å². The topological polar surface area (TPSA) is 199 Å². The highest BCUT2D eigenvalue weighted by Crippen LogP contribution is 2.51. The Morgan fingerprint density at radius 3 is 2.21 bits per heavy atom. The molecule has 2 aromatic carbocycles. The van der Waals surface area contributed by atoms with Crippen molar-refractivity contribution >= 4 is 46.2 Å². The van der Waals surface area contributed by atoms with Crippen molar-refractivity contribution in [2.45, 2.75) is 141 Å². The number of thiazole rings is 1. The van der Waals surface area contributed by atoms with Crippen LogP contribution in [0.3, 0.4) is 0 Å². The fourth-order valence-corrected chi connectivity index (χ4v) is 16.3. The van der Waals surface area contributed by atoms with E-state index in [1.165, 1.54) is 64.1 Å². The van der Waals surface area contributed by atoms with Gasteiger partial charge in [0.2, 0.25) is 17.7 Å². The van der Waals surface area contributed by atoms with Crippen LogP contribution in [-0.4, -0.2) is 153 Å². The zero-order chi connectivity index (χ0) is 58.3. The Morgan fingerprint density at radius 1 is 0.812 bits per heavy atom. The minimum atomic E-state index is -0.518. The van der Waals surface area contributed by atoms with Gasteiger partial charge in [-0.3, -0.25) is 9.59 Å². The van der Waals surface area contributed by atoms with Crippen molar-refractivity contribution < 1.29 is 24.0 Å². The lowest BCUT2D eigenvalue weighted by atomic mass is 9.61. The van der Waals surface area contributed by atoms with Crippen LogP contribution in [0.25, 0.3) is 21.7 Å². The van der Waals surface area contributed by atoms with Gasteiger partial charge in [0.1, 0.15) is 23.8 Å². The molecule has 6 aliphatic heterocycles. The Balaban J connectivity index is 0.518. The number of likely N-dealkylation sites (tertiary alicyclic amines) is 3. The Kier molecular flexibility index (Phi) is 16.5. The maximum atomic E-state index is 14.4. The molecule has 6 saturated heterocycles. The molecular formula is C66H85N13O5S. The first-order chi connectivity index (χ1) is 41.3. The molecular weight excluding hydrogens is 1090 g/mol. The van der Waals surface area contributed by atoms with Gasteiger partial charge in [0, 0.05) is 87.5 Å². The number of carbonyl (C=O) groups excluding carboxylic acids is 2. The zero-order valence-corrected chi connectivity index (χ0v) is 50.8. The summed E-state index contributed by atoms with van der Waals surface area (Å²) in [6.45, 7) is 19.3. The molecule has 10 heterocycles. The summed E-state index contributed by atoms with van der Waals surface area (Å²) in [5.74, 6) is 3.43. The summed E-state index contributed by atoms with van der Waals surface area (Å²) in [7, 11) is 0. The minimum absolute atomic E-state index is 0.0268. The summed E-state index contributed by atoms with van der Waals surface area (Å²) in [5.41, 5.74) is 15.2. The summed E-state index contributed by atoms with van der Waals surface area (Å²) >= 11 is 1.63. The van der Waals surface area contributed by atoms with Crippen molar-refractivity contribution in [3.63, 3.8) is 0 Å². The number of ether oxygens (including phenoxy) is 1. The zero-order valence-electron chi connectivity index (χ0n) is 50.0. The number of phenolic OH excluding ortho intramolecular Hbond substituents is 1. The van der Waals surface area contributed by atoms with E-state index in [4.69, 9.17) is 20.0 Å². The van der Waals surface area contributed by atoms with Crippen LogP contribution in [0.15, 0.2) is 89.0 Å². The van der Waals surface area contributed by atoms with E-state index in [0.29, 0.717) is 59.2 Å². The Hall–Kier alpha value is -6.83. The number of fused-ring (bicyclic) bond motifs is 2. The summed E-state index contributed by atoms with van der Waals surface area (Å²) in [4.78, 5) is 53.0. The number of nitrogens with two attached hydrogens (primary N) is 1. The van der Waals surface area contributed by atoms with Gasteiger partial charge < -0.3 is 54.8 Å². The number of pyridine rings is 1. The van der Waals surface area contributed by atoms with Crippen LogP contribution in [0.5, 0.6) is 11.6 Å². The number of hydrogen-bond acceptors (Lipinski definition) is 17. The molecule has 4 N–H and O–H groups in total. The predicted octanol–water partition coefficient (Wildman–Crippen LogP) is 9.96. The molecule has 1 saturated carbocycles. The molecule has 5 atom stereocenters. The highest BCUT2D eigenvalue weighted by atomic mass is 32.1. The van der Waals surface area contributed by atoms with E-state index >= 15 is 0 Å². The number of phenols is 1. The molecule has 19 heteroatoms. The normalized spacial score (nSPS) is 23.2. The maximum Gasteiger partial charge on any atom is 0.243 e. The van der Waals surface area contributed by atoms with Crippen LogP contribution in [0.1, 0.15) is 127 Å². The van der Waals surface area contributed by atoms with Gasteiger partial charge >= 0.3 is 0 Å². The summed E-state index contributed by atoms with van der Waals surface area (Å²) < 4.78 is 12.6. The van der Waals surface area contributed by atoms with Crippen molar-refractivity contribution in [3.05, 3.63) is 102 Å². The monoisotopic (exact) mass is 1170 g/mol. The fourth-order valence-electron chi connectivity index (χ4n) is 15.5. The third-order valence-electron chi connectivity index (χ3n) is 20.4. The molecule has 6 aromatic rings. The number of aryl methyl sites for hydroxylation is 1. The van der Waals surface area contributed by atoms with E-state index in [0.717, 1.165) is 123 Å². The first-order valence-corrected chi connectivity index (χ1v) is 32.5. The van der Waals surface area contributed by atoms with Gasteiger partial charge in [-0.15, -0.1) is 21.5 Å². The van der Waals surface area contributed by atoms with Crippen molar-refractivity contribution in [1.29, 1.82) is 0 Å². The molecule has 2 bridgehead atoms. The highest BCUT2D eigenvalue weighted by Gasteiger charge is 2.48. The molecule has 1 spiro atoms. The van der Waals surface area contributed by atoms with Crippen molar-refractivity contribution in [2.24, 2.45) is 23.2 Å². The second kappa shape index (κ2) is 24.5. The van der Waals surface area contributed by atoms with Crippen LogP contribution in [-0.2, 0) is 9.59 Å². The number of anilines is 4. The van der Waals surface area contributed by atoms with E-state index < -0.39 is 12.0 Å². The third kappa shape index (κ3) is 12.2. The van der Waals surface area contributed by atoms with E-state index in [1.807, 2.05) is 49.8 Å². The van der Waals surface area contributed by atoms with Crippen LogP contribution >= 0.6 is 11.3 Å². The van der Waals surface area contributed by atoms with E-state index in [9.17, 15) is 14.7 Å². The Bertz CT molecular complexity index is 3270. The first kappa shape index (κ1) is 57.3. The van der Waals surface area contributed by atoms with Gasteiger partial charge in [0.25, 0.3) is 0 Å². The van der Waals surface area contributed by atoms with Gasteiger partial charge in [-0.1, -0.05) is 55.4 Å². The number of nitrogen functional groups attached to an aromatic ring is 1. The lowest BCUT2D eigenvalue weighted by molar-refractivity contribution is -0.141. The van der Waals surface area contributed by atoms with Crippen molar-refractivity contribution in [1.82, 2.24) is 45.3 Å². The van der Waals surface area contributed by atoms with Gasteiger partial charge in [-0.05, 0) is 176 Å². The number of rotatable bonds is 17. The van der Waals surface area contributed by atoms with Crippen LogP contribution in [0.2, 0.25) is 0 Å². The predicted molar refractivity (Wildman–Crippen MR) is 333 cm³/mol. The van der Waals surface area contributed by atoms with Crippen molar-refractivity contribution in [2.75, 3.05) is 92.4 Å². The number of aromatic hydroxyl groups is 1. The molecule has 13 rings (SSSR count). The highest BCUT2D eigenvalue weighted by molar-refractivity contribution is 7.13. The number of nitrogens with zero attached hydrogens (tertiary/aromatic N) is 11. The number of piperazine rings is 1. The molecule has 450 valence electrons. The maximum absolute atomic E-state index is 14.4. The Morgan fingerprint density at radius 2 is 1.52 bits per heavy atom. The molecule has 18 nitrogen and oxygen atoms in total. The number of benzene rings is 2. The van der Waals surface area contributed by atoms with Gasteiger partial charge in [-0.25, -0.2) is 9.97 Å². The number of hydrogen-bond donors (Lipinski definition) is 3. The van der Waals surface area contributed by atoms with Crippen LogP contribution < -0.4 is 30.5 Å². The first-order valence-electron chi connectivity index (χ1n) is 31.7. The number of nitrogens with one attached hydrogen (secondary N) is 1. The smallest absolute Gasteiger partial charge is 0.243 e. The molecule has 2 amide bonds. The van der Waals surface area contributed by atoms with Gasteiger partial charge in [-0.2, -0.15) is 0 Å². The molecule has 0 radical (unpaired) electrons. The summed E-state index contributed by atoms with van der Waals surface area (Å²) in [6.07, 6.45) is 15.3. The molecule has 1 aliphatic carbocycles. The minimum Gasteiger partial charge on any atom is -0.507 e. The van der Waals surface area contributed by atoms with E-state index in [1.54, 1.807) is 28.4 Å². The molecule has 4 aromatic heterocycles. The van der Waals surface area contributed by atoms with Crippen LogP contribution in [0, 0.1) is 30.1 Å². The number of amides is 2. The SMILES string of the molecule is Cc1ncsc1-c1ccc(C(C)NC(=O)C2CCCN2C(=O)C(c2cc(N3CCC(CN4CCC(CN5CCC6(CC5)CC(Oc5cc(N7C8CCC7CN(c7cc(-c9ccccc9O)nnc7N)C8)ccn5)C6)CC4)CC3)no2)C(C)C)cc1. The third-order valence-corrected chi connectivity index (χ3v) is 21.4. The second-order valence-electron chi connectivity index (χ2n) is 26.3. The molecule has 7 aliphatic rings. The van der Waals surface area contributed by atoms with E-state index in [2.05, 4.69) is 100 Å². The lowest BCUT2D eigenvalue weighted by Gasteiger charge is -2.52. The average molecular weight is 1170 g/mol. The number of para-hydroxylation sites is 1. The van der Waals surface area contributed by atoms with Crippen molar-refractivity contribution in [3.8, 4) is 33.3 Å². The lowest BCUT2D eigenvalue weighted by Crippen LogP contribution is -2.54. The second-order valence-corrected chi connectivity index (χ2v) is 27.2. The molecule has 5 unspecified atom stereocenters. The summed E-state index contributed by atoms with van der Waals surface area (Å²) in [5, 5.41) is 26.9. The number of piperidine rings is 3. The number of aromatic nitrogens is 5. The summed E-state index contributed by atoms with van der Waals surface area (Å²) in [6, 6.07) is 23.7. The number of carbonyl (C=O) groups is 2. The molecule has 85 heavy (non-hydrogen) atoms. The Labute approximate surface area is 504 Å². The molecule has 7 fully saturated rings.